The molecular weight excluding hydrogens is 240 g/mol. The van der Waals surface area contributed by atoms with Crippen LogP contribution in [-0.2, 0) is 7.05 Å². The van der Waals surface area contributed by atoms with E-state index in [0.717, 1.165) is 6.42 Å². The third kappa shape index (κ3) is 2.22. The van der Waals surface area contributed by atoms with Crippen molar-refractivity contribution in [1.29, 1.82) is 0 Å². The molecule has 17 heavy (non-hydrogen) atoms. The van der Waals surface area contributed by atoms with Gasteiger partial charge in [-0.05, 0) is 12.5 Å². The van der Waals surface area contributed by atoms with E-state index in [1.165, 1.54) is 0 Å². The topological polar surface area (TPSA) is 42.3 Å². The first-order chi connectivity index (χ1) is 8.15. The van der Waals surface area contributed by atoms with Gasteiger partial charge in [0.1, 0.15) is 5.69 Å². The number of rotatable bonds is 3. The number of carbonyl (C=O) groups excluding carboxylic acids is 2. The molecule has 0 atom stereocenters. The largest absolute Gasteiger partial charge is 0.346 e. The first-order valence-electron chi connectivity index (χ1n) is 5.69. The minimum absolute atomic E-state index is 0.0438. The lowest BCUT2D eigenvalue weighted by atomic mass is 10.1. The van der Waals surface area contributed by atoms with Crippen molar-refractivity contribution in [2.24, 2.45) is 7.05 Å². The summed E-state index contributed by atoms with van der Waals surface area (Å²) in [6, 6.07) is 1.72. The Kier molecular flexibility index (Phi) is 3.52. The molecule has 92 valence electrons. The van der Waals surface area contributed by atoms with E-state index in [4.69, 9.17) is 11.6 Å². The smallest absolute Gasteiger partial charge is 0.271 e. The Morgan fingerprint density at radius 1 is 1.41 bits per heavy atom. The molecule has 1 aromatic rings. The lowest BCUT2D eigenvalue weighted by Gasteiger charge is -2.20. The fraction of sp³-hybridized carbons (Fsp3) is 0.500. The highest BCUT2D eigenvalue weighted by Gasteiger charge is 2.28. The van der Waals surface area contributed by atoms with Crippen molar-refractivity contribution in [3.63, 3.8) is 0 Å². The number of carbonyl (C=O) groups is 2. The van der Waals surface area contributed by atoms with Crippen LogP contribution in [0.1, 0.15) is 33.7 Å². The molecule has 0 fully saturated rings. The molecule has 1 aliphatic rings. The highest BCUT2D eigenvalue weighted by atomic mass is 35.5. The number of aryl methyl sites for hydroxylation is 1. The average molecular weight is 255 g/mol. The van der Waals surface area contributed by atoms with Crippen LogP contribution in [0.5, 0.6) is 0 Å². The van der Waals surface area contributed by atoms with E-state index in [1.54, 1.807) is 28.8 Å². The third-order valence-electron chi connectivity index (χ3n) is 3.03. The fourth-order valence-electron chi connectivity index (χ4n) is 2.11. The third-order valence-corrected chi connectivity index (χ3v) is 3.30. The van der Waals surface area contributed by atoms with Gasteiger partial charge >= 0.3 is 0 Å². The monoisotopic (exact) mass is 254 g/mol. The molecule has 1 amide bonds. The zero-order valence-corrected chi connectivity index (χ0v) is 10.5. The van der Waals surface area contributed by atoms with Gasteiger partial charge in [-0.3, -0.25) is 9.59 Å². The Hall–Kier alpha value is -1.29. The molecule has 1 aliphatic heterocycles. The van der Waals surface area contributed by atoms with Crippen LogP contribution in [0.2, 0.25) is 0 Å². The van der Waals surface area contributed by atoms with Gasteiger partial charge < -0.3 is 9.47 Å². The number of aromatic nitrogens is 1. The summed E-state index contributed by atoms with van der Waals surface area (Å²) in [6.07, 6.45) is 2.90. The molecular formula is C12H15ClN2O2. The molecule has 4 nitrogen and oxygen atoms in total. The Labute approximate surface area is 105 Å². The quantitative estimate of drug-likeness (QED) is 0.771. The van der Waals surface area contributed by atoms with Crippen LogP contribution in [0.25, 0.3) is 0 Å². The average Bonchev–Trinajstić information content (AvgIpc) is 2.64. The molecule has 0 saturated carbocycles. The van der Waals surface area contributed by atoms with Crippen LogP contribution in [0.3, 0.4) is 0 Å². The van der Waals surface area contributed by atoms with Gasteiger partial charge in [-0.2, -0.15) is 0 Å². The summed E-state index contributed by atoms with van der Waals surface area (Å²) in [5.41, 5.74) is 1.05. The Morgan fingerprint density at radius 2 is 2.18 bits per heavy atom. The Bertz CT molecular complexity index is 453. The number of nitrogens with zero attached hydrogens (tertiary/aromatic N) is 2. The highest BCUT2D eigenvalue weighted by molar-refractivity contribution is 6.17. The van der Waals surface area contributed by atoms with Crippen LogP contribution in [0, 0.1) is 0 Å². The maximum Gasteiger partial charge on any atom is 0.271 e. The maximum atomic E-state index is 12.3. The minimum atomic E-state index is -0.0662. The summed E-state index contributed by atoms with van der Waals surface area (Å²) in [7, 11) is 1.79. The lowest BCUT2D eigenvalue weighted by Crippen LogP contribution is -2.33. The number of hydrogen-bond donors (Lipinski definition) is 0. The normalized spacial score (nSPS) is 16.0. The Balaban J connectivity index is 2.32. The second-order valence-corrected chi connectivity index (χ2v) is 4.57. The summed E-state index contributed by atoms with van der Waals surface area (Å²) < 4.78 is 1.72. The molecule has 5 heteroatoms. The first kappa shape index (κ1) is 12.2. The van der Waals surface area contributed by atoms with Crippen molar-refractivity contribution in [1.82, 2.24) is 9.47 Å². The van der Waals surface area contributed by atoms with Crippen molar-refractivity contribution in [3.8, 4) is 0 Å². The molecule has 0 unspecified atom stereocenters. The van der Waals surface area contributed by atoms with Gasteiger partial charge in [-0.25, -0.2) is 0 Å². The van der Waals surface area contributed by atoms with Crippen LogP contribution in [0.4, 0.5) is 0 Å². The van der Waals surface area contributed by atoms with Gasteiger partial charge in [0.2, 0.25) is 0 Å². The zero-order chi connectivity index (χ0) is 12.4. The van der Waals surface area contributed by atoms with E-state index in [-0.39, 0.29) is 11.7 Å². The van der Waals surface area contributed by atoms with Gasteiger partial charge in [0, 0.05) is 44.2 Å². The predicted octanol–water partition coefficient (Wildman–Crippen LogP) is 1.68. The van der Waals surface area contributed by atoms with E-state index in [1.807, 2.05) is 0 Å². The van der Waals surface area contributed by atoms with E-state index in [0.29, 0.717) is 36.6 Å². The molecule has 0 spiro atoms. The van der Waals surface area contributed by atoms with E-state index >= 15 is 0 Å². The minimum Gasteiger partial charge on any atom is -0.346 e. The molecule has 0 N–H and O–H groups in total. The number of ketones is 1. The molecule has 2 rings (SSSR count). The van der Waals surface area contributed by atoms with Gasteiger partial charge in [0.05, 0.1) is 0 Å². The second kappa shape index (κ2) is 4.92. The summed E-state index contributed by atoms with van der Waals surface area (Å²) in [6.45, 7) is 1.10. The molecule has 0 aromatic carbocycles. The van der Waals surface area contributed by atoms with Crippen molar-refractivity contribution in [2.75, 3.05) is 19.0 Å². The van der Waals surface area contributed by atoms with Crippen LogP contribution < -0.4 is 0 Å². The maximum absolute atomic E-state index is 12.3. The van der Waals surface area contributed by atoms with Crippen molar-refractivity contribution in [3.05, 3.63) is 23.5 Å². The van der Waals surface area contributed by atoms with Crippen LogP contribution in [0.15, 0.2) is 12.3 Å². The van der Waals surface area contributed by atoms with Crippen molar-refractivity contribution < 1.29 is 9.59 Å². The summed E-state index contributed by atoms with van der Waals surface area (Å²) in [4.78, 5) is 25.9. The summed E-state index contributed by atoms with van der Waals surface area (Å²) in [5, 5.41) is 0. The molecule has 1 aromatic heterocycles. The second-order valence-electron chi connectivity index (χ2n) is 4.20. The Morgan fingerprint density at radius 3 is 2.88 bits per heavy atom. The van der Waals surface area contributed by atoms with E-state index < -0.39 is 0 Å². The number of hydrogen-bond acceptors (Lipinski definition) is 2. The molecule has 0 aliphatic carbocycles. The fourth-order valence-corrected chi connectivity index (χ4v) is 2.23. The van der Waals surface area contributed by atoms with Crippen molar-refractivity contribution >= 4 is 23.3 Å². The SMILES string of the molecule is Cn1ccc2c1C(=O)N(CCCCl)CCC2=O. The zero-order valence-electron chi connectivity index (χ0n) is 9.78. The number of Topliss-reactive ketones (excluding diaryl/α,β-unsaturated/α-hetero) is 1. The van der Waals surface area contributed by atoms with Gasteiger partial charge in [-0.15, -0.1) is 11.6 Å². The molecule has 0 bridgehead atoms. The van der Waals surface area contributed by atoms with Gasteiger partial charge in [-0.1, -0.05) is 0 Å². The number of alkyl halides is 1. The van der Waals surface area contributed by atoms with E-state index in [2.05, 4.69) is 0 Å². The predicted molar refractivity (Wildman–Crippen MR) is 65.6 cm³/mol. The van der Waals surface area contributed by atoms with Crippen LogP contribution in [-0.4, -0.2) is 40.1 Å². The highest BCUT2D eigenvalue weighted by Crippen LogP contribution is 2.19. The molecule has 2 heterocycles. The van der Waals surface area contributed by atoms with E-state index in [9.17, 15) is 9.59 Å². The van der Waals surface area contributed by atoms with Gasteiger partial charge in [0.15, 0.2) is 5.78 Å². The first-order valence-corrected chi connectivity index (χ1v) is 6.22. The lowest BCUT2D eigenvalue weighted by molar-refractivity contribution is 0.0750. The summed E-state index contributed by atoms with van der Waals surface area (Å²) in [5.74, 6) is 0.503. The standard InChI is InChI=1S/C12H15ClN2O2/c1-14-7-3-9-10(16)4-8-15(6-2-5-13)12(17)11(9)14/h3,7H,2,4-6,8H2,1H3. The molecule has 0 radical (unpaired) electrons. The van der Waals surface area contributed by atoms with Crippen molar-refractivity contribution in [2.45, 2.75) is 12.8 Å². The van der Waals surface area contributed by atoms with Crippen LogP contribution >= 0.6 is 11.6 Å². The number of halogens is 1. The summed E-state index contributed by atoms with van der Waals surface area (Å²) >= 11 is 5.64. The molecule has 0 saturated heterocycles. The van der Waals surface area contributed by atoms with Gasteiger partial charge in [0.25, 0.3) is 5.91 Å². The number of amides is 1. The number of fused-ring (bicyclic) bond motifs is 1.